The summed E-state index contributed by atoms with van der Waals surface area (Å²) in [5.74, 6) is 0.136. The zero-order chi connectivity index (χ0) is 18.4. The number of nitro groups is 1. The average Bonchev–Trinajstić information content (AvgIpc) is 3.20. The number of hydrogen-bond acceptors (Lipinski definition) is 7. The van der Waals surface area contributed by atoms with Crippen molar-refractivity contribution in [2.24, 2.45) is 0 Å². The molecule has 1 amide bonds. The first-order valence-corrected chi connectivity index (χ1v) is 7.77. The van der Waals surface area contributed by atoms with Gasteiger partial charge in [0.25, 0.3) is 11.6 Å². The Balaban J connectivity index is 1.51. The Morgan fingerprint density at radius 1 is 1.12 bits per heavy atom. The maximum Gasteiger partial charge on any atom is 0.292 e. The topological polar surface area (TPSA) is 123 Å². The first-order chi connectivity index (χ1) is 12.6. The molecule has 0 saturated carbocycles. The van der Waals surface area contributed by atoms with E-state index < -0.39 is 4.92 Å². The normalized spacial score (nSPS) is 10.3. The fourth-order valence-corrected chi connectivity index (χ4v) is 2.32. The molecule has 3 rings (SSSR count). The number of para-hydroxylation sites is 2. The van der Waals surface area contributed by atoms with E-state index in [1.54, 1.807) is 42.5 Å². The van der Waals surface area contributed by atoms with Crippen molar-refractivity contribution >= 4 is 17.3 Å². The average molecular weight is 353 g/mol. The highest BCUT2D eigenvalue weighted by atomic mass is 16.6. The van der Waals surface area contributed by atoms with E-state index in [2.05, 4.69) is 20.8 Å². The number of amides is 1. The van der Waals surface area contributed by atoms with Crippen LogP contribution < -0.4 is 10.6 Å². The number of benzene rings is 2. The number of nitro benzene ring substituents is 1. The van der Waals surface area contributed by atoms with E-state index in [9.17, 15) is 14.9 Å². The molecule has 0 saturated heterocycles. The summed E-state index contributed by atoms with van der Waals surface area (Å²) < 4.78 is 5.09. The van der Waals surface area contributed by atoms with E-state index in [0.29, 0.717) is 30.2 Å². The monoisotopic (exact) mass is 353 g/mol. The minimum absolute atomic E-state index is 0.00422. The van der Waals surface area contributed by atoms with Gasteiger partial charge >= 0.3 is 0 Å². The summed E-state index contributed by atoms with van der Waals surface area (Å²) in [5, 5.41) is 24.0. The third kappa shape index (κ3) is 4.01. The van der Waals surface area contributed by atoms with Crippen LogP contribution in [0.4, 0.5) is 11.4 Å². The van der Waals surface area contributed by atoms with Crippen molar-refractivity contribution in [2.75, 3.05) is 18.4 Å². The van der Waals surface area contributed by atoms with Crippen molar-refractivity contribution < 1.29 is 14.1 Å². The molecule has 0 aliphatic carbocycles. The van der Waals surface area contributed by atoms with Gasteiger partial charge in [0.2, 0.25) is 12.3 Å². The highest BCUT2D eigenvalue weighted by Crippen LogP contribution is 2.22. The molecule has 1 heterocycles. The van der Waals surface area contributed by atoms with Crippen molar-refractivity contribution in [2.45, 2.75) is 0 Å². The van der Waals surface area contributed by atoms with Gasteiger partial charge in [-0.05, 0) is 30.3 Å². The molecule has 2 N–H and O–H groups in total. The smallest absolute Gasteiger partial charge is 0.292 e. The number of carbonyl (C=O) groups excluding carboxylic acids is 1. The number of hydrogen-bond donors (Lipinski definition) is 2. The fraction of sp³-hybridized carbons (Fsp3) is 0.118. The number of carbonyl (C=O) groups is 1. The summed E-state index contributed by atoms with van der Waals surface area (Å²) in [4.78, 5) is 22.6. The van der Waals surface area contributed by atoms with E-state index in [-0.39, 0.29) is 11.6 Å². The van der Waals surface area contributed by atoms with Crippen LogP contribution in [0.1, 0.15) is 10.4 Å². The molecule has 9 nitrogen and oxygen atoms in total. The Bertz CT molecular complexity index is 894. The molecule has 9 heteroatoms. The van der Waals surface area contributed by atoms with Gasteiger partial charge in [-0.15, -0.1) is 10.2 Å². The maximum atomic E-state index is 12.1. The summed E-state index contributed by atoms with van der Waals surface area (Å²) in [5.41, 5.74) is 1.61. The molecular weight excluding hydrogens is 338 g/mol. The van der Waals surface area contributed by atoms with Crippen molar-refractivity contribution in [3.63, 3.8) is 0 Å². The van der Waals surface area contributed by atoms with E-state index in [1.807, 2.05) is 0 Å². The number of rotatable bonds is 7. The van der Waals surface area contributed by atoms with Crippen LogP contribution in [0.3, 0.4) is 0 Å². The number of nitrogens with zero attached hydrogens (tertiary/aromatic N) is 3. The summed E-state index contributed by atoms with van der Waals surface area (Å²) in [7, 11) is 0. The van der Waals surface area contributed by atoms with Crippen LogP contribution in [0.2, 0.25) is 0 Å². The molecule has 2 aromatic carbocycles. The Labute approximate surface area is 148 Å². The Hall–Kier alpha value is -3.75. The van der Waals surface area contributed by atoms with Gasteiger partial charge in [-0.3, -0.25) is 14.9 Å². The van der Waals surface area contributed by atoms with Crippen molar-refractivity contribution in [1.82, 2.24) is 15.5 Å². The molecule has 0 fully saturated rings. The molecular formula is C17H15N5O4. The predicted molar refractivity (Wildman–Crippen MR) is 93.7 cm³/mol. The second-order valence-corrected chi connectivity index (χ2v) is 5.28. The lowest BCUT2D eigenvalue weighted by molar-refractivity contribution is -0.384. The quantitative estimate of drug-likeness (QED) is 0.380. The first kappa shape index (κ1) is 17.1. The minimum Gasteiger partial charge on any atom is -0.423 e. The number of aromatic nitrogens is 2. The molecule has 0 bridgehead atoms. The van der Waals surface area contributed by atoms with Crippen molar-refractivity contribution in [3.05, 3.63) is 70.6 Å². The summed E-state index contributed by atoms with van der Waals surface area (Å²) >= 11 is 0. The Kier molecular flexibility index (Phi) is 5.18. The summed E-state index contributed by atoms with van der Waals surface area (Å²) in [6.45, 7) is 0.674. The third-order valence-electron chi connectivity index (χ3n) is 3.58. The van der Waals surface area contributed by atoms with Crippen LogP contribution in [0, 0.1) is 10.1 Å². The van der Waals surface area contributed by atoms with Crippen LogP contribution in [-0.2, 0) is 0 Å². The lowest BCUT2D eigenvalue weighted by atomic mass is 10.1. The standard InChI is InChI=1S/C17H15N5O4/c23-16(12-5-7-13(8-6-12)17-21-20-11-26-17)19-10-9-18-14-3-1-2-4-15(14)22(24)25/h1-8,11,18H,9-10H2,(H,19,23). The third-order valence-corrected chi connectivity index (χ3v) is 3.58. The second-order valence-electron chi connectivity index (χ2n) is 5.28. The molecule has 0 aliphatic heterocycles. The molecule has 1 aromatic heterocycles. The van der Waals surface area contributed by atoms with Gasteiger partial charge in [0.15, 0.2) is 0 Å². The highest BCUT2D eigenvalue weighted by molar-refractivity contribution is 5.94. The van der Waals surface area contributed by atoms with E-state index >= 15 is 0 Å². The number of nitrogens with one attached hydrogen (secondary N) is 2. The second kappa shape index (κ2) is 7.88. The molecule has 0 radical (unpaired) electrons. The fourth-order valence-electron chi connectivity index (χ4n) is 2.32. The largest absolute Gasteiger partial charge is 0.423 e. The van der Waals surface area contributed by atoms with Gasteiger partial charge in [-0.1, -0.05) is 12.1 Å². The number of anilines is 1. The van der Waals surface area contributed by atoms with Crippen molar-refractivity contribution in [3.8, 4) is 11.5 Å². The summed E-state index contributed by atoms with van der Waals surface area (Å²) in [6, 6.07) is 13.1. The predicted octanol–water partition coefficient (Wildman–Crippen LogP) is 2.49. The highest BCUT2D eigenvalue weighted by Gasteiger charge is 2.12. The zero-order valence-electron chi connectivity index (χ0n) is 13.6. The SMILES string of the molecule is O=C(NCCNc1ccccc1[N+](=O)[O-])c1ccc(-c2nnco2)cc1. The van der Waals surface area contributed by atoms with Crippen molar-refractivity contribution in [1.29, 1.82) is 0 Å². The first-order valence-electron chi connectivity index (χ1n) is 7.77. The molecule has 0 atom stereocenters. The molecule has 0 spiro atoms. The van der Waals surface area contributed by atoms with Gasteiger partial charge < -0.3 is 15.1 Å². The molecule has 3 aromatic rings. The van der Waals surface area contributed by atoms with Crippen LogP contribution in [0.5, 0.6) is 0 Å². The Morgan fingerprint density at radius 3 is 2.58 bits per heavy atom. The molecule has 26 heavy (non-hydrogen) atoms. The van der Waals surface area contributed by atoms with Gasteiger partial charge in [-0.2, -0.15) is 0 Å². The van der Waals surface area contributed by atoms with Gasteiger partial charge in [-0.25, -0.2) is 0 Å². The van der Waals surface area contributed by atoms with E-state index in [1.165, 1.54) is 12.5 Å². The van der Waals surface area contributed by atoms with Gasteiger partial charge in [0.05, 0.1) is 4.92 Å². The summed E-state index contributed by atoms with van der Waals surface area (Å²) in [6.07, 6.45) is 1.24. The Morgan fingerprint density at radius 2 is 1.88 bits per heavy atom. The van der Waals surface area contributed by atoms with Gasteiger partial charge in [0.1, 0.15) is 5.69 Å². The molecule has 0 aliphatic rings. The van der Waals surface area contributed by atoms with Crippen LogP contribution in [0.25, 0.3) is 11.5 Å². The van der Waals surface area contributed by atoms with Gasteiger partial charge in [0, 0.05) is 30.3 Å². The molecule has 132 valence electrons. The van der Waals surface area contributed by atoms with E-state index in [0.717, 1.165) is 5.56 Å². The zero-order valence-corrected chi connectivity index (χ0v) is 13.6. The lowest BCUT2D eigenvalue weighted by Crippen LogP contribution is -2.28. The van der Waals surface area contributed by atoms with Crippen LogP contribution in [0.15, 0.2) is 59.3 Å². The van der Waals surface area contributed by atoms with Crippen LogP contribution in [-0.4, -0.2) is 34.1 Å². The lowest BCUT2D eigenvalue weighted by Gasteiger charge is -2.08. The maximum absolute atomic E-state index is 12.1. The minimum atomic E-state index is -0.453. The molecule has 0 unspecified atom stereocenters. The van der Waals surface area contributed by atoms with E-state index in [4.69, 9.17) is 4.42 Å². The van der Waals surface area contributed by atoms with Crippen LogP contribution >= 0.6 is 0 Å².